The Hall–Kier alpha value is -0.670. The van der Waals surface area contributed by atoms with Crippen molar-refractivity contribution in [2.24, 2.45) is 28.6 Å². The number of ketones is 1. The molecule has 0 aromatic carbocycles. The summed E-state index contributed by atoms with van der Waals surface area (Å²) in [5.41, 5.74) is 1.11. The first kappa shape index (κ1) is 14.9. The van der Waals surface area contributed by atoms with Gasteiger partial charge in [-0.2, -0.15) is 0 Å². The van der Waals surface area contributed by atoms with Crippen LogP contribution in [-0.4, -0.2) is 28.7 Å². The van der Waals surface area contributed by atoms with Crippen LogP contribution in [0.1, 0.15) is 58.3 Å². The van der Waals surface area contributed by atoms with E-state index in [1.54, 1.807) is 0 Å². The van der Waals surface area contributed by atoms with Crippen LogP contribution in [0.25, 0.3) is 0 Å². The number of hydrogen-bond donors (Lipinski definition) is 2. The number of rotatable bonds is 1. The number of hydrogen-bond acceptors (Lipinski definition) is 3. The first-order chi connectivity index (χ1) is 10.5. The van der Waals surface area contributed by atoms with Gasteiger partial charge in [0.2, 0.25) is 0 Å². The van der Waals surface area contributed by atoms with Gasteiger partial charge in [0.1, 0.15) is 5.78 Å². The van der Waals surface area contributed by atoms with E-state index < -0.39 is 0 Å². The molecular weight excluding hydrogens is 276 g/mol. The van der Waals surface area contributed by atoms with Crippen LogP contribution in [0.15, 0.2) is 11.6 Å². The van der Waals surface area contributed by atoms with Crippen LogP contribution in [0, 0.1) is 28.6 Å². The molecular formula is C19H28O3. The van der Waals surface area contributed by atoms with E-state index >= 15 is 0 Å². The smallest absolute Gasteiger partial charge is 0.139 e. The molecule has 6 atom stereocenters. The number of fused-ring (bicyclic) bond motifs is 5. The highest BCUT2D eigenvalue weighted by atomic mass is 16.3. The highest BCUT2D eigenvalue weighted by Gasteiger charge is 2.59. The summed E-state index contributed by atoms with van der Waals surface area (Å²) in [6.45, 7) is 2.41. The van der Waals surface area contributed by atoms with Crippen molar-refractivity contribution in [3.8, 4) is 0 Å². The molecule has 3 heteroatoms. The van der Waals surface area contributed by atoms with E-state index in [0.29, 0.717) is 23.5 Å². The van der Waals surface area contributed by atoms with Crippen molar-refractivity contribution < 1.29 is 15.0 Å². The molecule has 0 aromatic rings. The largest absolute Gasteiger partial charge is 0.395 e. The van der Waals surface area contributed by atoms with Crippen LogP contribution in [0.4, 0.5) is 0 Å². The Bertz CT molecular complexity index is 525. The van der Waals surface area contributed by atoms with Crippen LogP contribution in [0.2, 0.25) is 0 Å². The predicted octanol–water partition coefficient (Wildman–Crippen LogP) is 2.85. The summed E-state index contributed by atoms with van der Waals surface area (Å²) in [5, 5.41) is 20.3. The molecule has 0 saturated heterocycles. The molecule has 3 saturated carbocycles. The van der Waals surface area contributed by atoms with Gasteiger partial charge in [0.05, 0.1) is 12.7 Å². The molecule has 3 fully saturated rings. The Morgan fingerprint density at radius 3 is 2.82 bits per heavy atom. The Morgan fingerprint density at radius 2 is 2.05 bits per heavy atom. The van der Waals surface area contributed by atoms with Gasteiger partial charge >= 0.3 is 0 Å². The van der Waals surface area contributed by atoms with Gasteiger partial charge in [0.15, 0.2) is 0 Å². The minimum atomic E-state index is -0.232. The number of allylic oxidation sites excluding steroid dienone is 1. The van der Waals surface area contributed by atoms with E-state index in [9.17, 15) is 15.0 Å². The SMILES string of the molecule is C[C@@]12CC[C@H]3[C@@H](CC=C4C[C@H](O)CC[C@@]43CO)[C@H]1CCC2=O. The van der Waals surface area contributed by atoms with E-state index in [4.69, 9.17) is 0 Å². The Labute approximate surface area is 132 Å². The number of carbonyl (C=O) groups excluding carboxylic acids is 1. The molecule has 0 radical (unpaired) electrons. The summed E-state index contributed by atoms with van der Waals surface area (Å²) < 4.78 is 0. The third-order valence-electron chi connectivity index (χ3n) is 7.79. The highest BCUT2D eigenvalue weighted by Crippen LogP contribution is 2.63. The van der Waals surface area contributed by atoms with Gasteiger partial charge in [-0.1, -0.05) is 18.6 Å². The lowest BCUT2D eigenvalue weighted by atomic mass is 9.47. The topological polar surface area (TPSA) is 57.5 Å². The highest BCUT2D eigenvalue weighted by molar-refractivity contribution is 5.87. The number of carbonyl (C=O) groups is 1. The average Bonchev–Trinajstić information content (AvgIpc) is 2.82. The summed E-state index contributed by atoms with van der Waals surface area (Å²) in [4.78, 5) is 12.4. The van der Waals surface area contributed by atoms with E-state index in [0.717, 1.165) is 51.4 Å². The van der Waals surface area contributed by atoms with Gasteiger partial charge in [0.25, 0.3) is 0 Å². The van der Waals surface area contributed by atoms with Gasteiger partial charge in [-0.05, 0) is 62.7 Å². The van der Waals surface area contributed by atoms with Crippen LogP contribution in [-0.2, 0) is 4.79 Å². The maximum absolute atomic E-state index is 12.4. The Balaban J connectivity index is 1.72. The van der Waals surface area contributed by atoms with Crippen molar-refractivity contribution in [2.45, 2.75) is 64.4 Å². The molecule has 2 N–H and O–H groups in total. The van der Waals surface area contributed by atoms with Crippen LogP contribution in [0.3, 0.4) is 0 Å². The summed E-state index contributed by atoms with van der Waals surface area (Å²) in [5.74, 6) is 2.04. The monoisotopic (exact) mass is 304 g/mol. The third kappa shape index (κ3) is 1.78. The lowest BCUT2D eigenvalue weighted by molar-refractivity contribution is -0.133. The normalized spacial score (nSPS) is 50.9. The Kier molecular flexibility index (Phi) is 3.32. The number of aliphatic hydroxyl groups excluding tert-OH is 2. The molecule has 122 valence electrons. The van der Waals surface area contributed by atoms with Gasteiger partial charge in [-0.15, -0.1) is 0 Å². The molecule has 4 aliphatic carbocycles. The fourth-order valence-electron chi connectivity index (χ4n) is 6.50. The second-order valence-corrected chi connectivity index (χ2v) is 8.47. The van der Waals surface area contributed by atoms with Crippen LogP contribution >= 0.6 is 0 Å². The molecule has 0 spiro atoms. The van der Waals surface area contributed by atoms with Crippen molar-refractivity contribution in [3.63, 3.8) is 0 Å². The van der Waals surface area contributed by atoms with Crippen molar-refractivity contribution in [1.82, 2.24) is 0 Å². The molecule has 4 rings (SSSR count). The van der Waals surface area contributed by atoms with E-state index in [1.165, 1.54) is 5.57 Å². The molecule has 0 unspecified atom stereocenters. The van der Waals surface area contributed by atoms with Gasteiger partial charge < -0.3 is 10.2 Å². The zero-order valence-corrected chi connectivity index (χ0v) is 13.6. The van der Waals surface area contributed by atoms with Gasteiger partial charge in [-0.25, -0.2) is 0 Å². The molecule has 0 bridgehead atoms. The summed E-state index contributed by atoms with van der Waals surface area (Å²) >= 11 is 0. The first-order valence-electron chi connectivity index (χ1n) is 9.03. The van der Waals surface area contributed by atoms with Crippen molar-refractivity contribution in [3.05, 3.63) is 11.6 Å². The predicted molar refractivity (Wildman–Crippen MR) is 84.1 cm³/mol. The lowest BCUT2D eigenvalue weighted by Gasteiger charge is -2.57. The summed E-state index contributed by atoms with van der Waals surface area (Å²) in [6, 6.07) is 0. The Morgan fingerprint density at radius 1 is 1.23 bits per heavy atom. The second-order valence-electron chi connectivity index (χ2n) is 8.47. The molecule has 22 heavy (non-hydrogen) atoms. The lowest BCUT2D eigenvalue weighted by Crippen LogP contribution is -2.53. The number of aliphatic hydroxyl groups is 2. The summed E-state index contributed by atoms with van der Waals surface area (Å²) in [6.07, 6.45) is 9.45. The minimum Gasteiger partial charge on any atom is -0.395 e. The average molecular weight is 304 g/mol. The zero-order chi connectivity index (χ0) is 15.5. The fourth-order valence-corrected chi connectivity index (χ4v) is 6.50. The molecule has 0 amide bonds. The standard InChI is InChI=1S/C19H28O3/c1-18-8-7-16-14(15(18)4-5-17(18)22)3-2-12-10-13(21)6-9-19(12,16)11-20/h2,13-16,20-21H,3-11H2,1H3/t13-,14+,15-,16+,18-,19-/m1/s1. The van der Waals surface area contributed by atoms with Gasteiger partial charge in [0, 0.05) is 17.3 Å². The minimum absolute atomic E-state index is 0.0999. The van der Waals surface area contributed by atoms with E-state index in [1.807, 2.05) is 0 Å². The molecule has 4 aliphatic rings. The second kappa shape index (κ2) is 4.91. The molecule has 0 aliphatic heterocycles. The maximum Gasteiger partial charge on any atom is 0.139 e. The quantitative estimate of drug-likeness (QED) is 0.732. The third-order valence-corrected chi connectivity index (χ3v) is 7.79. The van der Waals surface area contributed by atoms with E-state index in [-0.39, 0.29) is 23.5 Å². The molecule has 0 heterocycles. The zero-order valence-electron chi connectivity index (χ0n) is 13.6. The molecule has 0 aromatic heterocycles. The van der Waals surface area contributed by atoms with Gasteiger partial charge in [-0.3, -0.25) is 4.79 Å². The summed E-state index contributed by atoms with van der Waals surface area (Å²) in [7, 11) is 0. The fraction of sp³-hybridized carbons (Fsp3) is 0.842. The molecule has 3 nitrogen and oxygen atoms in total. The maximum atomic E-state index is 12.4. The van der Waals surface area contributed by atoms with Crippen LogP contribution in [0.5, 0.6) is 0 Å². The van der Waals surface area contributed by atoms with E-state index in [2.05, 4.69) is 13.0 Å². The van der Waals surface area contributed by atoms with Crippen LogP contribution < -0.4 is 0 Å². The van der Waals surface area contributed by atoms with Crippen molar-refractivity contribution in [1.29, 1.82) is 0 Å². The number of Topliss-reactive ketones (excluding diaryl/α,β-unsaturated/α-hetero) is 1. The first-order valence-corrected chi connectivity index (χ1v) is 9.03. The van der Waals surface area contributed by atoms with Crippen molar-refractivity contribution in [2.75, 3.05) is 6.61 Å². The van der Waals surface area contributed by atoms with Crippen molar-refractivity contribution >= 4 is 5.78 Å².